The van der Waals surface area contributed by atoms with Crippen molar-refractivity contribution in [1.82, 2.24) is 19.3 Å². The first-order chi connectivity index (χ1) is 17.6. The molecule has 0 N–H and O–H groups in total. The van der Waals surface area contributed by atoms with Crippen molar-refractivity contribution < 1.29 is 4.79 Å². The van der Waals surface area contributed by atoms with Gasteiger partial charge in [0, 0.05) is 41.0 Å². The summed E-state index contributed by atoms with van der Waals surface area (Å²) < 4.78 is 3.14. The van der Waals surface area contributed by atoms with E-state index in [0.717, 1.165) is 27.5 Å². The number of amides is 1. The van der Waals surface area contributed by atoms with Gasteiger partial charge >= 0.3 is 0 Å². The van der Waals surface area contributed by atoms with E-state index in [1.165, 1.54) is 4.68 Å². The number of rotatable bonds is 4. The van der Waals surface area contributed by atoms with Gasteiger partial charge in [0.15, 0.2) is 5.69 Å². The number of anilines is 1. The maximum absolute atomic E-state index is 14.1. The van der Waals surface area contributed by atoms with Crippen molar-refractivity contribution in [2.75, 3.05) is 11.4 Å². The van der Waals surface area contributed by atoms with E-state index in [1.54, 1.807) is 11.1 Å². The average Bonchev–Trinajstić information content (AvgIpc) is 3.23. The van der Waals surface area contributed by atoms with Crippen LogP contribution in [0.3, 0.4) is 0 Å². The molecule has 7 nitrogen and oxygen atoms in total. The summed E-state index contributed by atoms with van der Waals surface area (Å²) in [4.78, 5) is 34.1. The minimum atomic E-state index is -0.305. The molecule has 0 aliphatic heterocycles. The van der Waals surface area contributed by atoms with Gasteiger partial charge in [0.2, 0.25) is 0 Å². The molecule has 0 saturated carbocycles. The fourth-order valence-corrected chi connectivity index (χ4v) is 4.86. The van der Waals surface area contributed by atoms with Crippen LogP contribution < -0.4 is 10.5 Å². The molecule has 0 saturated heterocycles. The number of hydrogen-bond donors (Lipinski definition) is 0. The van der Waals surface area contributed by atoms with Gasteiger partial charge in [-0.25, -0.2) is 0 Å². The summed E-state index contributed by atoms with van der Waals surface area (Å²) in [6.07, 6.45) is 1.62. The number of carbonyl (C=O) groups is 1. The van der Waals surface area contributed by atoms with E-state index >= 15 is 0 Å². The van der Waals surface area contributed by atoms with Crippen LogP contribution in [-0.4, -0.2) is 31.8 Å². The molecule has 0 spiro atoms. The van der Waals surface area contributed by atoms with Crippen molar-refractivity contribution in [3.8, 4) is 5.69 Å². The van der Waals surface area contributed by atoms with Crippen LogP contribution in [0.2, 0.25) is 0 Å². The lowest BCUT2D eigenvalue weighted by molar-refractivity contribution is 0.0983. The van der Waals surface area contributed by atoms with E-state index in [2.05, 4.69) is 4.98 Å². The van der Waals surface area contributed by atoms with Gasteiger partial charge in [-0.05, 0) is 37.3 Å². The monoisotopic (exact) mass is 473 g/mol. The Morgan fingerprint density at radius 2 is 1.67 bits per heavy atom. The molecule has 0 unspecified atom stereocenters. The van der Waals surface area contributed by atoms with Crippen molar-refractivity contribution >= 4 is 44.3 Å². The molecule has 3 heterocycles. The normalized spacial score (nSPS) is 11.4. The molecule has 6 aromatic rings. The first-order valence-corrected chi connectivity index (χ1v) is 11.8. The quantitative estimate of drug-likeness (QED) is 0.357. The van der Waals surface area contributed by atoms with Crippen molar-refractivity contribution in [3.05, 3.63) is 107 Å². The highest BCUT2D eigenvalue weighted by molar-refractivity contribution is 6.20. The van der Waals surface area contributed by atoms with Crippen LogP contribution in [-0.2, 0) is 7.05 Å². The van der Waals surface area contributed by atoms with E-state index in [4.69, 9.17) is 5.10 Å². The molecule has 6 rings (SSSR count). The van der Waals surface area contributed by atoms with Crippen molar-refractivity contribution in [1.29, 1.82) is 0 Å². The lowest BCUT2D eigenvalue weighted by atomic mass is 10.1. The van der Waals surface area contributed by atoms with E-state index < -0.39 is 0 Å². The Bertz CT molecular complexity index is 1840. The molecule has 0 radical (unpaired) electrons. The second kappa shape index (κ2) is 8.46. The predicted molar refractivity (Wildman–Crippen MR) is 143 cm³/mol. The number of fused-ring (bicyclic) bond motifs is 4. The molecule has 3 aromatic carbocycles. The minimum Gasteiger partial charge on any atom is -0.339 e. The highest BCUT2D eigenvalue weighted by atomic mass is 16.2. The number of benzene rings is 3. The Kier molecular flexibility index (Phi) is 5.11. The summed E-state index contributed by atoms with van der Waals surface area (Å²) in [5, 5.41) is 6.95. The minimum absolute atomic E-state index is 0.222. The van der Waals surface area contributed by atoms with Gasteiger partial charge in [-0.2, -0.15) is 9.78 Å². The van der Waals surface area contributed by atoms with Gasteiger partial charge < -0.3 is 9.47 Å². The molecule has 0 bridgehead atoms. The largest absolute Gasteiger partial charge is 0.339 e. The van der Waals surface area contributed by atoms with Gasteiger partial charge in [-0.1, -0.05) is 54.6 Å². The Hall–Kier alpha value is -4.78. The maximum atomic E-state index is 14.1. The molecule has 176 valence electrons. The fourth-order valence-electron chi connectivity index (χ4n) is 4.86. The summed E-state index contributed by atoms with van der Waals surface area (Å²) in [6.45, 7) is 2.38. The van der Waals surface area contributed by atoms with Crippen LogP contribution in [0.4, 0.5) is 5.69 Å². The molecule has 0 atom stereocenters. The zero-order chi connectivity index (χ0) is 24.8. The van der Waals surface area contributed by atoms with Crippen molar-refractivity contribution in [2.24, 2.45) is 7.05 Å². The topological polar surface area (TPSA) is 73.0 Å². The molecule has 0 aliphatic carbocycles. The molecular formula is C29H23N5O2. The van der Waals surface area contributed by atoms with Crippen LogP contribution in [0.15, 0.2) is 95.9 Å². The number of aryl methyl sites for hydroxylation is 1. The van der Waals surface area contributed by atoms with Crippen molar-refractivity contribution in [3.63, 3.8) is 0 Å². The molecule has 0 aliphatic rings. The number of nitrogens with zero attached hydrogens (tertiary/aromatic N) is 5. The van der Waals surface area contributed by atoms with Crippen LogP contribution in [0.25, 0.3) is 38.4 Å². The fraction of sp³-hybridized carbons (Fsp3) is 0.103. The Labute approximate surface area is 206 Å². The molecular weight excluding hydrogens is 450 g/mol. The van der Waals surface area contributed by atoms with Crippen LogP contribution in [0.1, 0.15) is 17.4 Å². The summed E-state index contributed by atoms with van der Waals surface area (Å²) in [6, 6.07) is 26.8. The summed E-state index contributed by atoms with van der Waals surface area (Å²) in [7, 11) is 1.85. The molecule has 36 heavy (non-hydrogen) atoms. The van der Waals surface area contributed by atoms with Gasteiger partial charge in [0.05, 0.1) is 17.4 Å². The van der Waals surface area contributed by atoms with Gasteiger partial charge in [0.25, 0.3) is 11.5 Å². The molecule has 7 heteroatoms. The molecule has 0 fully saturated rings. The Morgan fingerprint density at radius 1 is 0.944 bits per heavy atom. The number of carbonyl (C=O) groups excluding carboxylic acids is 1. The van der Waals surface area contributed by atoms with Gasteiger partial charge in [-0.15, -0.1) is 0 Å². The lowest BCUT2D eigenvalue weighted by Crippen LogP contribution is -2.34. The maximum Gasteiger partial charge on any atom is 0.296 e. The van der Waals surface area contributed by atoms with Crippen LogP contribution in [0, 0.1) is 0 Å². The van der Waals surface area contributed by atoms with Crippen LogP contribution >= 0.6 is 0 Å². The zero-order valence-electron chi connectivity index (χ0n) is 19.9. The Morgan fingerprint density at radius 3 is 2.47 bits per heavy atom. The summed E-state index contributed by atoms with van der Waals surface area (Å²) in [5.41, 5.74) is 3.29. The zero-order valence-corrected chi connectivity index (χ0v) is 19.9. The van der Waals surface area contributed by atoms with E-state index in [-0.39, 0.29) is 17.2 Å². The third-order valence-electron chi connectivity index (χ3n) is 6.59. The van der Waals surface area contributed by atoms with E-state index in [1.807, 2.05) is 103 Å². The Balaban J connectivity index is 1.68. The summed E-state index contributed by atoms with van der Waals surface area (Å²) >= 11 is 0. The van der Waals surface area contributed by atoms with E-state index in [0.29, 0.717) is 23.1 Å². The first-order valence-electron chi connectivity index (χ1n) is 11.8. The standard InChI is InChI=1S/C29H23N5O2/c1-3-33(20-12-5-4-6-13-20)28(35)26-25-22-14-8-10-16-24(22)32(2)27(25)29(36)34(31-26)21-17-19-11-7-9-15-23(19)30-18-21/h4-18H,3H2,1-2H3. The SMILES string of the molecule is CCN(C(=O)c1nn(-c2cnc3ccccc3c2)c(=O)c2c1c1ccccc1n2C)c1ccccc1. The number of pyridine rings is 1. The van der Waals surface area contributed by atoms with Gasteiger partial charge in [-0.3, -0.25) is 14.6 Å². The average molecular weight is 474 g/mol. The molecule has 3 aromatic heterocycles. The third kappa shape index (κ3) is 3.28. The molecule has 1 amide bonds. The second-order valence-corrected chi connectivity index (χ2v) is 8.64. The van der Waals surface area contributed by atoms with Crippen molar-refractivity contribution in [2.45, 2.75) is 6.92 Å². The number of aromatic nitrogens is 4. The highest BCUT2D eigenvalue weighted by Gasteiger charge is 2.27. The lowest BCUT2D eigenvalue weighted by Gasteiger charge is -2.21. The number of para-hydroxylation sites is 3. The number of hydrogen-bond acceptors (Lipinski definition) is 4. The van der Waals surface area contributed by atoms with Gasteiger partial charge in [0.1, 0.15) is 5.52 Å². The smallest absolute Gasteiger partial charge is 0.296 e. The van der Waals surface area contributed by atoms with E-state index in [9.17, 15) is 9.59 Å². The first kappa shape index (κ1) is 21.7. The second-order valence-electron chi connectivity index (χ2n) is 8.64. The third-order valence-corrected chi connectivity index (χ3v) is 6.59. The predicted octanol–water partition coefficient (Wildman–Crippen LogP) is 5.09. The highest BCUT2D eigenvalue weighted by Crippen LogP contribution is 2.30. The summed E-state index contributed by atoms with van der Waals surface area (Å²) in [5.74, 6) is -0.271. The van der Waals surface area contributed by atoms with Crippen LogP contribution in [0.5, 0.6) is 0 Å².